The number of likely N-dealkylation sites (tertiary alicyclic amines) is 2. The van der Waals surface area contributed by atoms with E-state index in [2.05, 4.69) is 11.9 Å². The first-order valence-electron chi connectivity index (χ1n) is 8.25. The van der Waals surface area contributed by atoms with Gasteiger partial charge in [0.2, 0.25) is 6.79 Å². The van der Waals surface area contributed by atoms with Crippen molar-refractivity contribution in [1.82, 2.24) is 9.80 Å². The third-order valence-electron chi connectivity index (χ3n) is 5.26. The molecule has 0 aliphatic carbocycles. The van der Waals surface area contributed by atoms with E-state index in [0.29, 0.717) is 34.2 Å². The number of amides is 1. The number of halogens is 1. The zero-order valence-corrected chi connectivity index (χ0v) is 14.0. The van der Waals surface area contributed by atoms with E-state index in [4.69, 9.17) is 21.1 Å². The van der Waals surface area contributed by atoms with E-state index in [0.717, 1.165) is 25.9 Å². The Hall–Kier alpha value is -1.46. The largest absolute Gasteiger partial charge is 0.454 e. The molecule has 0 radical (unpaired) electrons. The second-order valence-corrected chi connectivity index (χ2v) is 7.00. The molecular formula is C17H21ClN2O3. The molecule has 1 amide bonds. The van der Waals surface area contributed by atoms with Crippen LogP contribution >= 0.6 is 11.6 Å². The van der Waals surface area contributed by atoms with Crippen LogP contribution in [-0.4, -0.2) is 54.7 Å². The molecule has 0 saturated carbocycles. The Bertz CT molecular complexity index is 637. The average Bonchev–Trinajstić information content (AvgIpc) is 3.25. The van der Waals surface area contributed by atoms with Gasteiger partial charge in [0.05, 0.1) is 5.02 Å². The van der Waals surface area contributed by atoms with Crippen LogP contribution in [0, 0.1) is 0 Å². The van der Waals surface area contributed by atoms with Crippen molar-refractivity contribution < 1.29 is 14.3 Å². The first-order valence-corrected chi connectivity index (χ1v) is 8.63. The van der Waals surface area contributed by atoms with Crippen molar-refractivity contribution in [2.75, 3.05) is 26.9 Å². The van der Waals surface area contributed by atoms with Gasteiger partial charge in [-0.1, -0.05) is 11.6 Å². The summed E-state index contributed by atoms with van der Waals surface area (Å²) in [4.78, 5) is 17.4. The maximum atomic E-state index is 13.0. The molecule has 5 nitrogen and oxygen atoms in total. The topological polar surface area (TPSA) is 42.0 Å². The summed E-state index contributed by atoms with van der Waals surface area (Å²) in [5, 5.41) is 0.442. The molecule has 2 fully saturated rings. The van der Waals surface area contributed by atoms with Gasteiger partial charge in [-0.15, -0.1) is 0 Å². The zero-order chi connectivity index (χ0) is 16.0. The Balaban J connectivity index is 1.60. The summed E-state index contributed by atoms with van der Waals surface area (Å²) >= 11 is 6.23. The van der Waals surface area contributed by atoms with Gasteiger partial charge in [0, 0.05) is 24.2 Å². The fourth-order valence-electron chi connectivity index (χ4n) is 4.12. The van der Waals surface area contributed by atoms with Crippen LogP contribution in [0.2, 0.25) is 5.02 Å². The van der Waals surface area contributed by atoms with Crippen LogP contribution in [0.5, 0.6) is 11.5 Å². The molecule has 1 aromatic carbocycles. The van der Waals surface area contributed by atoms with Gasteiger partial charge in [0.1, 0.15) is 0 Å². The normalized spacial score (nSPS) is 27.0. The lowest BCUT2D eigenvalue weighted by Crippen LogP contribution is -2.47. The lowest BCUT2D eigenvalue weighted by Gasteiger charge is -2.33. The van der Waals surface area contributed by atoms with Gasteiger partial charge in [0.25, 0.3) is 5.91 Å². The van der Waals surface area contributed by atoms with Gasteiger partial charge in [-0.3, -0.25) is 4.79 Å². The highest BCUT2D eigenvalue weighted by molar-refractivity contribution is 6.32. The fraction of sp³-hybridized carbons (Fsp3) is 0.588. The van der Waals surface area contributed by atoms with Crippen molar-refractivity contribution in [1.29, 1.82) is 0 Å². The summed E-state index contributed by atoms with van der Waals surface area (Å²) in [7, 11) is 2.16. The van der Waals surface area contributed by atoms with Crippen molar-refractivity contribution in [3.05, 3.63) is 22.7 Å². The maximum absolute atomic E-state index is 13.0. The summed E-state index contributed by atoms with van der Waals surface area (Å²) in [5.41, 5.74) is 0.590. The van der Waals surface area contributed by atoms with Crippen LogP contribution in [0.3, 0.4) is 0 Å². The van der Waals surface area contributed by atoms with Gasteiger partial charge < -0.3 is 19.3 Å². The Morgan fingerprint density at radius 3 is 2.74 bits per heavy atom. The molecule has 6 heteroatoms. The van der Waals surface area contributed by atoms with Gasteiger partial charge in [-0.2, -0.15) is 0 Å². The molecule has 3 aliphatic rings. The second kappa shape index (κ2) is 5.87. The third kappa shape index (κ3) is 2.56. The van der Waals surface area contributed by atoms with Gasteiger partial charge >= 0.3 is 0 Å². The molecule has 3 heterocycles. The number of hydrogen-bond acceptors (Lipinski definition) is 4. The quantitative estimate of drug-likeness (QED) is 0.833. The number of hydrogen-bond donors (Lipinski definition) is 0. The molecule has 0 bridgehead atoms. The van der Waals surface area contributed by atoms with E-state index in [1.807, 2.05) is 4.90 Å². The number of ether oxygens (including phenoxy) is 2. The Morgan fingerprint density at radius 2 is 1.96 bits per heavy atom. The Kier molecular flexibility index (Phi) is 3.85. The van der Waals surface area contributed by atoms with E-state index in [-0.39, 0.29) is 12.7 Å². The maximum Gasteiger partial charge on any atom is 0.254 e. The SMILES string of the molecule is CN1CCCC1C1CCCN1C(=O)c1cc(Cl)c2c(c1)OCO2. The molecule has 4 rings (SSSR count). The molecular weight excluding hydrogens is 316 g/mol. The van der Waals surface area contributed by atoms with Crippen LogP contribution in [0.25, 0.3) is 0 Å². The third-order valence-corrected chi connectivity index (χ3v) is 5.54. The van der Waals surface area contributed by atoms with Gasteiger partial charge in [0.15, 0.2) is 11.5 Å². The van der Waals surface area contributed by atoms with Crippen molar-refractivity contribution in [2.24, 2.45) is 0 Å². The molecule has 1 aromatic rings. The first kappa shape index (κ1) is 15.1. The average molecular weight is 337 g/mol. The number of nitrogens with zero attached hydrogens (tertiary/aromatic N) is 2. The number of benzene rings is 1. The number of carbonyl (C=O) groups is 1. The summed E-state index contributed by atoms with van der Waals surface area (Å²) in [6.45, 7) is 2.10. The number of carbonyl (C=O) groups excluding carboxylic acids is 1. The smallest absolute Gasteiger partial charge is 0.254 e. The van der Waals surface area contributed by atoms with E-state index >= 15 is 0 Å². The molecule has 2 saturated heterocycles. The van der Waals surface area contributed by atoms with Crippen molar-refractivity contribution in [2.45, 2.75) is 37.8 Å². The summed E-state index contributed by atoms with van der Waals surface area (Å²) in [6, 6.07) is 4.24. The van der Waals surface area contributed by atoms with Crippen LogP contribution in [-0.2, 0) is 0 Å². The predicted molar refractivity (Wildman–Crippen MR) is 87.3 cm³/mol. The van der Waals surface area contributed by atoms with Crippen LogP contribution in [0.15, 0.2) is 12.1 Å². The highest BCUT2D eigenvalue weighted by atomic mass is 35.5. The summed E-state index contributed by atoms with van der Waals surface area (Å²) in [5.74, 6) is 1.15. The second-order valence-electron chi connectivity index (χ2n) is 6.59. The fourth-order valence-corrected chi connectivity index (χ4v) is 4.39. The molecule has 0 aromatic heterocycles. The highest BCUT2D eigenvalue weighted by Gasteiger charge is 2.39. The lowest BCUT2D eigenvalue weighted by atomic mass is 10.0. The molecule has 3 aliphatic heterocycles. The Morgan fingerprint density at radius 1 is 1.17 bits per heavy atom. The monoisotopic (exact) mass is 336 g/mol. The van der Waals surface area contributed by atoms with E-state index in [1.165, 1.54) is 12.8 Å². The lowest BCUT2D eigenvalue weighted by molar-refractivity contribution is 0.0664. The van der Waals surface area contributed by atoms with E-state index < -0.39 is 0 Å². The van der Waals surface area contributed by atoms with Crippen LogP contribution < -0.4 is 9.47 Å². The van der Waals surface area contributed by atoms with Crippen molar-refractivity contribution in [3.63, 3.8) is 0 Å². The first-order chi connectivity index (χ1) is 11.1. The van der Waals surface area contributed by atoms with Gasteiger partial charge in [-0.25, -0.2) is 0 Å². The number of fused-ring (bicyclic) bond motifs is 1. The molecule has 23 heavy (non-hydrogen) atoms. The predicted octanol–water partition coefficient (Wildman–Crippen LogP) is 2.77. The summed E-state index contributed by atoms with van der Waals surface area (Å²) in [6.07, 6.45) is 4.54. The minimum absolute atomic E-state index is 0.0491. The molecule has 2 atom stereocenters. The zero-order valence-electron chi connectivity index (χ0n) is 13.3. The number of likely N-dealkylation sites (N-methyl/N-ethyl adjacent to an activating group) is 1. The van der Waals surface area contributed by atoms with Crippen molar-refractivity contribution >= 4 is 17.5 Å². The molecule has 0 spiro atoms. The summed E-state index contributed by atoms with van der Waals surface area (Å²) < 4.78 is 10.7. The van der Waals surface area contributed by atoms with Crippen molar-refractivity contribution in [3.8, 4) is 11.5 Å². The van der Waals surface area contributed by atoms with E-state index in [9.17, 15) is 4.79 Å². The van der Waals surface area contributed by atoms with Crippen LogP contribution in [0.4, 0.5) is 0 Å². The van der Waals surface area contributed by atoms with Gasteiger partial charge in [-0.05, 0) is 51.4 Å². The van der Waals surface area contributed by atoms with E-state index in [1.54, 1.807) is 12.1 Å². The minimum atomic E-state index is 0.0491. The molecule has 0 N–H and O–H groups in total. The number of rotatable bonds is 2. The standard InChI is InChI=1S/C17H21ClN2O3/c1-19-6-2-4-13(19)14-5-3-7-20(14)17(21)11-8-12(18)16-15(9-11)22-10-23-16/h8-9,13-14H,2-7,10H2,1H3. The Labute approximate surface area is 141 Å². The minimum Gasteiger partial charge on any atom is -0.454 e. The highest BCUT2D eigenvalue weighted by Crippen LogP contribution is 2.40. The molecule has 124 valence electrons. The molecule has 2 unspecified atom stereocenters. The van der Waals surface area contributed by atoms with Crippen LogP contribution in [0.1, 0.15) is 36.0 Å².